The van der Waals surface area contributed by atoms with Gasteiger partial charge in [-0.1, -0.05) is 36.0 Å². The van der Waals surface area contributed by atoms with Crippen molar-refractivity contribution in [1.29, 1.82) is 0 Å². The smallest absolute Gasteiger partial charge is 0.278 e. The molecular weight excluding hydrogens is 474 g/mol. The Morgan fingerprint density at radius 3 is 2.58 bits per heavy atom. The molecule has 0 bridgehead atoms. The maximum absolute atomic E-state index is 12.9. The van der Waals surface area contributed by atoms with E-state index < -0.39 is 0 Å². The van der Waals surface area contributed by atoms with Crippen LogP contribution in [0, 0.1) is 0 Å². The second-order valence-electron chi connectivity index (χ2n) is 9.36. The minimum atomic E-state index is -0.282. The molecule has 3 aromatic rings. The summed E-state index contributed by atoms with van der Waals surface area (Å²) in [4.78, 5) is 26.6. The average Bonchev–Trinajstić information content (AvgIpc) is 3.14. The lowest BCUT2D eigenvalue weighted by Gasteiger charge is -2.37. The maximum atomic E-state index is 12.9. The van der Waals surface area contributed by atoms with E-state index in [4.69, 9.17) is 11.5 Å². The van der Waals surface area contributed by atoms with Crippen LogP contribution in [0.1, 0.15) is 19.8 Å². The second kappa shape index (κ2) is 9.71. The first kappa shape index (κ1) is 24.0. The molecule has 36 heavy (non-hydrogen) atoms. The van der Waals surface area contributed by atoms with E-state index in [-0.39, 0.29) is 29.4 Å². The van der Waals surface area contributed by atoms with E-state index in [9.17, 15) is 9.90 Å². The first-order chi connectivity index (χ1) is 17.3. The van der Waals surface area contributed by atoms with Crippen LogP contribution in [-0.4, -0.2) is 46.2 Å². The number of rotatable bonds is 6. The molecule has 0 unspecified atom stereocenters. The molecule has 9 nitrogen and oxygen atoms in total. The van der Waals surface area contributed by atoms with E-state index in [2.05, 4.69) is 27.1 Å². The molecule has 1 fully saturated rings. The molecular formula is C26H29N7O2S. The SMILES string of the molecule is CC1(N)CCN(c2cnc(Sc3cccc(NC4=C(O)CN(c5ccccc5)C4=O)c3)c(N)n2)CC1. The third kappa shape index (κ3) is 5.09. The van der Waals surface area contributed by atoms with Crippen LogP contribution < -0.4 is 26.6 Å². The zero-order chi connectivity index (χ0) is 25.3. The topological polar surface area (TPSA) is 134 Å². The van der Waals surface area contributed by atoms with E-state index >= 15 is 0 Å². The van der Waals surface area contributed by atoms with Crippen LogP contribution in [-0.2, 0) is 4.79 Å². The Hall–Kier alpha value is -3.76. The number of aromatic nitrogens is 2. The van der Waals surface area contributed by atoms with Crippen molar-refractivity contribution in [2.75, 3.05) is 40.5 Å². The van der Waals surface area contributed by atoms with Gasteiger partial charge < -0.3 is 26.8 Å². The Morgan fingerprint density at radius 2 is 1.86 bits per heavy atom. The molecule has 2 aliphatic heterocycles. The molecule has 2 aromatic carbocycles. The lowest BCUT2D eigenvalue weighted by Crippen LogP contribution is -2.48. The van der Waals surface area contributed by atoms with E-state index in [1.807, 2.05) is 54.6 Å². The lowest BCUT2D eigenvalue weighted by molar-refractivity contribution is -0.114. The molecule has 186 valence electrons. The molecule has 5 rings (SSSR count). The van der Waals surface area contributed by atoms with Gasteiger partial charge in [-0.3, -0.25) is 9.69 Å². The summed E-state index contributed by atoms with van der Waals surface area (Å²) >= 11 is 1.39. The van der Waals surface area contributed by atoms with Crippen LogP contribution in [0.15, 0.2) is 82.2 Å². The molecule has 3 heterocycles. The number of amides is 1. The lowest BCUT2D eigenvalue weighted by atomic mass is 9.91. The van der Waals surface area contributed by atoms with Crippen molar-refractivity contribution in [2.24, 2.45) is 5.73 Å². The van der Waals surface area contributed by atoms with Crippen molar-refractivity contribution in [1.82, 2.24) is 9.97 Å². The molecule has 0 aliphatic carbocycles. The summed E-state index contributed by atoms with van der Waals surface area (Å²) in [6.07, 6.45) is 3.53. The van der Waals surface area contributed by atoms with Crippen LogP contribution >= 0.6 is 11.8 Å². The summed E-state index contributed by atoms with van der Waals surface area (Å²) in [6, 6.07) is 16.8. The number of hydrogen-bond donors (Lipinski definition) is 4. The normalized spacial score (nSPS) is 17.6. The third-order valence-corrected chi connectivity index (χ3v) is 7.42. The van der Waals surface area contributed by atoms with Gasteiger partial charge in [-0.25, -0.2) is 9.97 Å². The van der Waals surface area contributed by atoms with Crippen LogP contribution in [0.4, 0.5) is 23.0 Å². The Balaban J connectivity index is 1.27. The number of nitrogens with zero attached hydrogens (tertiary/aromatic N) is 4. The number of aliphatic hydroxyl groups excluding tert-OH is 1. The maximum Gasteiger partial charge on any atom is 0.278 e. The molecule has 2 aliphatic rings. The summed E-state index contributed by atoms with van der Waals surface area (Å²) in [5.41, 5.74) is 13.9. The molecule has 0 saturated carbocycles. The van der Waals surface area contributed by atoms with E-state index in [0.717, 1.165) is 42.3 Å². The number of nitrogens with one attached hydrogen (secondary N) is 1. The fourth-order valence-electron chi connectivity index (χ4n) is 4.25. The number of anilines is 4. The molecule has 10 heteroatoms. The molecule has 1 saturated heterocycles. The highest BCUT2D eigenvalue weighted by Crippen LogP contribution is 2.33. The molecule has 0 spiro atoms. The van der Waals surface area contributed by atoms with Gasteiger partial charge in [0.2, 0.25) is 0 Å². The zero-order valence-electron chi connectivity index (χ0n) is 20.0. The van der Waals surface area contributed by atoms with Crippen molar-refractivity contribution in [3.63, 3.8) is 0 Å². The largest absolute Gasteiger partial charge is 0.508 e. The Bertz CT molecular complexity index is 1300. The van der Waals surface area contributed by atoms with Gasteiger partial charge in [-0.05, 0) is 50.1 Å². The van der Waals surface area contributed by atoms with Gasteiger partial charge in [-0.2, -0.15) is 0 Å². The Morgan fingerprint density at radius 1 is 1.11 bits per heavy atom. The van der Waals surface area contributed by atoms with Crippen LogP contribution in [0.25, 0.3) is 0 Å². The molecule has 1 aromatic heterocycles. The van der Waals surface area contributed by atoms with E-state index in [1.165, 1.54) is 16.7 Å². The molecule has 0 atom stereocenters. The highest BCUT2D eigenvalue weighted by atomic mass is 32.2. The minimum absolute atomic E-state index is 0.000252. The second-order valence-corrected chi connectivity index (χ2v) is 10.4. The number of carbonyl (C=O) groups excluding carboxylic acids is 1. The average molecular weight is 504 g/mol. The highest BCUT2D eigenvalue weighted by molar-refractivity contribution is 7.99. The first-order valence-electron chi connectivity index (χ1n) is 11.8. The van der Waals surface area contributed by atoms with Crippen molar-refractivity contribution in [3.05, 3.63) is 72.3 Å². The van der Waals surface area contributed by atoms with Crippen molar-refractivity contribution in [2.45, 2.75) is 35.2 Å². The molecule has 6 N–H and O–H groups in total. The summed E-state index contributed by atoms with van der Waals surface area (Å²) in [6.45, 7) is 3.85. The van der Waals surface area contributed by atoms with Gasteiger partial charge >= 0.3 is 0 Å². The van der Waals surface area contributed by atoms with Gasteiger partial charge in [0.25, 0.3) is 5.91 Å². The van der Waals surface area contributed by atoms with Gasteiger partial charge in [0.15, 0.2) is 5.82 Å². The highest BCUT2D eigenvalue weighted by Gasteiger charge is 2.32. The van der Waals surface area contributed by atoms with E-state index in [1.54, 1.807) is 6.20 Å². The summed E-state index contributed by atoms with van der Waals surface area (Å²) < 4.78 is 0. The molecule has 1 amide bonds. The summed E-state index contributed by atoms with van der Waals surface area (Å²) in [7, 11) is 0. The summed E-state index contributed by atoms with van der Waals surface area (Å²) in [5, 5.41) is 14.1. The summed E-state index contributed by atoms with van der Waals surface area (Å²) in [5.74, 6) is 0.838. The third-order valence-electron chi connectivity index (χ3n) is 6.42. The predicted molar refractivity (Wildman–Crippen MR) is 143 cm³/mol. The Labute approximate surface area is 214 Å². The van der Waals surface area contributed by atoms with Crippen LogP contribution in [0.3, 0.4) is 0 Å². The number of hydrogen-bond acceptors (Lipinski definition) is 9. The van der Waals surface area contributed by atoms with Crippen molar-refractivity contribution < 1.29 is 9.90 Å². The van der Waals surface area contributed by atoms with Gasteiger partial charge in [-0.15, -0.1) is 0 Å². The van der Waals surface area contributed by atoms with Crippen LogP contribution in [0.2, 0.25) is 0 Å². The monoisotopic (exact) mass is 503 g/mol. The minimum Gasteiger partial charge on any atom is -0.508 e. The number of piperidine rings is 1. The number of benzene rings is 2. The fraction of sp³-hybridized carbons (Fsp3) is 0.269. The predicted octanol–water partition coefficient (Wildman–Crippen LogP) is 3.76. The van der Waals surface area contributed by atoms with Crippen molar-refractivity contribution in [3.8, 4) is 0 Å². The van der Waals surface area contributed by atoms with E-state index in [0.29, 0.717) is 16.5 Å². The van der Waals surface area contributed by atoms with Gasteiger partial charge in [0.05, 0.1) is 12.7 Å². The number of nitrogens with two attached hydrogens (primary N) is 2. The quantitative estimate of drug-likeness (QED) is 0.397. The van der Waals surface area contributed by atoms with Crippen molar-refractivity contribution >= 4 is 40.7 Å². The van der Waals surface area contributed by atoms with Gasteiger partial charge in [0.1, 0.15) is 22.3 Å². The standard InChI is InChI=1S/C26H29N7O2S/c1-26(28)10-12-32(13-11-26)21-15-29-24(23(27)31-21)36-19-9-5-6-17(14-19)30-22-20(34)16-33(25(22)35)18-7-3-2-4-8-18/h2-9,14-15,30,34H,10-13,16,28H2,1H3,(H2,27,31). The number of aliphatic hydroxyl groups is 1. The number of para-hydroxylation sites is 1. The van der Waals surface area contributed by atoms with Gasteiger partial charge in [0, 0.05) is 34.9 Å². The first-order valence-corrected chi connectivity index (χ1v) is 12.6. The Kier molecular flexibility index (Phi) is 6.46. The fourth-order valence-corrected chi connectivity index (χ4v) is 5.07. The number of carbonyl (C=O) groups is 1. The van der Waals surface area contributed by atoms with Crippen LogP contribution in [0.5, 0.6) is 0 Å². The molecule has 0 radical (unpaired) electrons. The number of nitrogen functional groups attached to an aromatic ring is 1. The zero-order valence-corrected chi connectivity index (χ0v) is 20.8.